The molecule has 0 saturated heterocycles. The van der Waals surface area contributed by atoms with Crippen molar-refractivity contribution in [3.63, 3.8) is 0 Å². The summed E-state index contributed by atoms with van der Waals surface area (Å²) >= 11 is 0. The highest BCUT2D eigenvalue weighted by Crippen LogP contribution is 2.34. The molecule has 0 bridgehead atoms. The number of carbonyl (C=O) groups is 1. The van der Waals surface area contributed by atoms with Crippen molar-refractivity contribution in [2.45, 2.75) is 45.6 Å². The number of aliphatic hydroxyl groups is 1. The Hall–Kier alpha value is -2.32. The zero-order chi connectivity index (χ0) is 18.1. The van der Waals surface area contributed by atoms with Gasteiger partial charge in [0.2, 0.25) is 0 Å². The van der Waals surface area contributed by atoms with Gasteiger partial charge in [-0.2, -0.15) is 0 Å². The zero-order valence-electron chi connectivity index (χ0n) is 14.9. The van der Waals surface area contributed by atoms with Gasteiger partial charge in [-0.15, -0.1) is 0 Å². The molecule has 1 aromatic heterocycles. The molecule has 132 valence electrons. The minimum Gasteiger partial charge on any atom is -0.462 e. The number of rotatable bonds is 2. The van der Waals surface area contributed by atoms with Crippen molar-refractivity contribution < 1.29 is 14.6 Å². The summed E-state index contributed by atoms with van der Waals surface area (Å²) in [5.74, 6) is 5.80. The molecule has 2 atom stereocenters. The topological polar surface area (TPSA) is 68.5 Å². The van der Waals surface area contributed by atoms with Crippen LogP contribution >= 0.6 is 0 Å². The Morgan fingerprint density at radius 3 is 2.84 bits per heavy atom. The highest BCUT2D eigenvalue weighted by atomic mass is 16.5. The molecule has 1 fully saturated rings. The van der Waals surface area contributed by atoms with Crippen LogP contribution in [-0.4, -0.2) is 28.4 Å². The molecule has 0 unspecified atom stereocenters. The van der Waals surface area contributed by atoms with E-state index in [0.29, 0.717) is 28.7 Å². The Morgan fingerprint density at radius 1 is 1.44 bits per heavy atom. The molecular formula is C20H23NO4. The van der Waals surface area contributed by atoms with Gasteiger partial charge < -0.3 is 14.4 Å². The minimum atomic E-state index is -0.407. The van der Waals surface area contributed by atoms with Gasteiger partial charge in [0.15, 0.2) is 0 Å². The monoisotopic (exact) mass is 341 g/mol. The van der Waals surface area contributed by atoms with Crippen molar-refractivity contribution in [1.82, 2.24) is 4.57 Å². The third kappa shape index (κ3) is 3.14. The van der Waals surface area contributed by atoms with Crippen LogP contribution in [0, 0.1) is 17.8 Å². The van der Waals surface area contributed by atoms with E-state index in [1.54, 1.807) is 20.2 Å². The number of carbonyl (C=O) groups excluding carboxylic acids is 1. The van der Waals surface area contributed by atoms with Gasteiger partial charge in [0.1, 0.15) is 0 Å². The number of fused-ring (bicyclic) bond motifs is 1. The molecular weight excluding hydrogens is 318 g/mol. The zero-order valence-corrected chi connectivity index (χ0v) is 14.9. The number of aliphatic hydroxyl groups excluding tert-OH is 1. The van der Waals surface area contributed by atoms with E-state index in [9.17, 15) is 14.7 Å². The average Bonchev–Trinajstić information content (AvgIpc) is 3.13. The SMILES string of the molecule is CCOC(=O)C1=C(C)Cc2c1c(C#C[C@@H]1CCC[C@H]1O)cn(C)c2=O. The summed E-state index contributed by atoms with van der Waals surface area (Å²) in [5.41, 5.74) is 3.04. The molecule has 5 heteroatoms. The van der Waals surface area contributed by atoms with Gasteiger partial charge in [-0.25, -0.2) is 4.79 Å². The van der Waals surface area contributed by atoms with Gasteiger partial charge in [-0.1, -0.05) is 17.4 Å². The van der Waals surface area contributed by atoms with Crippen molar-refractivity contribution in [1.29, 1.82) is 0 Å². The van der Waals surface area contributed by atoms with Crippen LogP contribution in [0.3, 0.4) is 0 Å². The minimum absolute atomic E-state index is 0.0505. The lowest BCUT2D eigenvalue weighted by Crippen LogP contribution is -2.22. The second kappa shape index (κ2) is 6.89. The lowest BCUT2D eigenvalue weighted by atomic mass is 9.99. The summed E-state index contributed by atoms with van der Waals surface area (Å²) < 4.78 is 6.69. The van der Waals surface area contributed by atoms with Crippen LogP contribution in [0.1, 0.15) is 49.8 Å². The second-order valence-corrected chi connectivity index (χ2v) is 6.74. The predicted octanol–water partition coefficient (Wildman–Crippen LogP) is 1.79. The quantitative estimate of drug-likeness (QED) is 0.658. The van der Waals surface area contributed by atoms with Crippen LogP contribution in [-0.2, 0) is 23.0 Å². The van der Waals surface area contributed by atoms with Gasteiger partial charge in [-0.05, 0) is 33.1 Å². The van der Waals surface area contributed by atoms with Crippen LogP contribution in [0.25, 0.3) is 5.57 Å². The summed E-state index contributed by atoms with van der Waals surface area (Å²) in [6.07, 6.45) is 4.35. The maximum atomic E-state index is 12.5. The van der Waals surface area contributed by atoms with E-state index in [-0.39, 0.29) is 18.1 Å². The maximum Gasteiger partial charge on any atom is 0.338 e. The number of pyridine rings is 1. The van der Waals surface area contributed by atoms with Crippen molar-refractivity contribution in [2.75, 3.05) is 6.61 Å². The van der Waals surface area contributed by atoms with Crippen LogP contribution < -0.4 is 5.56 Å². The van der Waals surface area contributed by atoms with Crippen molar-refractivity contribution in [3.8, 4) is 11.8 Å². The molecule has 0 aliphatic heterocycles. The van der Waals surface area contributed by atoms with E-state index in [0.717, 1.165) is 24.8 Å². The number of allylic oxidation sites excluding steroid dienone is 1. The standard InChI is InChI=1S/C20H23NO4/c1-4-25-20(24)17-12(2)10-15-18(17)14(11-21(3)19(15)23)9-8-13-6-5-7-16(13)22/h11,13,16,22H,4-7,10H2,1-3H3/t13-,16+/m0/s1. The van der Waals surface area contributed by atoms with Gasteiger partial charge in [0.05, 0.1) is 18.3 Å². The Balaban J connectivity index is 2.11. The first-order valence-electron chi connectivity index (χ1n) is 8.73. The fourth-order valence-corrected chi connectivity index (χ4v) is 3.67. The predicted molar refractivity (Wildman–Crippen MR) is 94.8 cm³/mol. The number of nitrogens with zero attached hydrogens (tertiary/aromatic N) is 1. The number of ether oxygens (including phenoxy) is 1. The van der Waals surface area contributed by atoms with Crippen molar-refractivity contribution in [2.24, 2.45) is 13.0 Å². The summed E-state index contributed by atoms with van der Waals surface area (Å²) in [7, 11) is 1.69. The van der Waals surface area contributed by atoms with Gasteiger partial charge in [-0.3, -0.25) is 4.79 Å². The third-order valence-corrected chi connectivity index (χ3v) is 4.94. The fourth-order valence-electron chi connectivity index (χ4n) is 3.67. The van der Waals surface area contributed by atoms with Gasteiger partial charge in [0, 0.05) is 42.3 Å². The van der Waals surface area contributed by atoms with E-state index in [4.69, 9.17) is 4.74 Å². The van der Waals surface area contributed by atoms with Crippen molar-refractivity contribution >= 4 is 11.5 Å². The van der Waals surface area contributed by atoms with E-state index in [1.807, 2.05) is 6.92 Å². The van der Waals surface area contributed by atoms with Crippen LogP contribution in [0.5, 0.6) is 0 Å². The van der Waals surface area contributed by atoms with Crippen LogP contribution in [0.15, 0.2) is 16.6 Å². The average molecular weight is 341 g/mol. The summed E-state index contributed by atoms with van der Waals surface area (Å²) in [5, 5.41) is 9.97. The maximum absolute atomic E-state index is 12.5. The summed E-state index contributed by atoms with van der Waals surface area (Å²) in [6, 6.07) is 0. The van der Waals surface area contributed by atoms with Crippen LogP contribution in [0.2, 0.25) is 0 Å². The van der Waals surface area contributed by atoms with Crippen LogP contribution in [0.4, 0.5) is 0 Å². The molecule has 5 nitrogen and oxygen atoms in total. The summed E-state index contributed by atoms with van der Waals surface area (Å²) in [4.78, 5) is 24.9. The molecule has 25 heavy (non-hydrogen) atoms. The molecule has 0 spiro atoms. The molecule has 2 aliphatic carbocycles. The Kier molecular flexibility index (Phi) is 4.82. The van der Waals surface area contributed by atoms with Crippen molar-refractivity contribution in [3.05, 3.63) is 38.8 Å². The molecule has 1 aromatic rings. The number of hydrogen-bond donors (Lipinski definition) is 1. The number of aromatic nitrogens is 1. The molecule has 1 saturated carbocycles. The lowest BCUT2D eigenvalue weighted by molar-refractivity contribution is -0.136. The molecule has 1 N–H and O–H groups in total. The number of aryl methyl sites for hydroxylation is 1. The number of esters is 1. The first-order valence-corrected chi connectivity index (χ1v) is 8.73. The highest BCUT2D eigenvalue weighted by Gasteiger charge is 2.31. The number of hydrogen-bond acceptors (Lipinski definition) is 4. The normalized spacial score (nSPS) is 21.8. The Morgan fingerprint density at radius 2 is 2.20 bits per heavy atom. The third-order valence-electron chi connectivity index (χ3n) is 4.94. The summed E-state index contributed by atoms with van der Waals surface area (Å²) in [6.45, 7) is 3.89. The molecule has 0 amide bonds. The van der Waals surface area contributed by atoms with Gasteiger partial charge in [0.25, 0.3) is 5.56 Å². The highest BCUT2D eigenvalue weighted by molar-refractivity contribution is 6.19. The molecule has 3 rings (SSSR count). The second-order valence-electron chi connectivity index (χ2n) is 6.74. The largest absolute Gasteiger partial charge is 0.462 e. The Labute approximate surface area is 147 Å². The fraction of sp³-hybridized carbons (Fsp3) is 0.500. The first-order chi connectivity index (χ1) is 11.9. The van der Waals surface area contributed by atoms with E-state index in [1.165, 1.54) is 4.57 Å². The molecule has 1 heterocycles. The lowest BCUT2D eigenvalue weighted by Gasteiger charge is -2.11. The molecule has 0 radical (unpaired) electrons. The smallest absolute Gasteiger partial charge is 0.338 e. The Bertz CT molecular complexity index is 866. The van der Waals surface area contributed by atoms with E-state index >= 15 is 0 Å². The molecule has 2 aliphatic rings. The van der Waals surface area contributed by atoms with E-state index < -0.39 is 12.1 Å². The molecule has 0 aromatic carbocycles. The first kappa shape index (κ1) is 17.5. The van der Waals surface area contributed by atoms with Gasteiger partial charge >= 0.3 is 5.97 Å². The van der Waals surface area contributed by atoms with E-state index in [2.05, 4.69) is 11.8 Å².